The number of carbonyl (C=O) groups is 2. The van der Waals surface area contributed by atoms with E-state index in [2.05, 4.69) is 14.9 Å². The Kier molecular flexibility index (Phi) is 5.93. The van der Waals surface area contributed by atoms with Crippen molar-refractivity contribution in [3.8, 4) is 0 Å². The van der Waals surface area contributed by atoms with Gasteiger partial charge in [-0.3, -0.25) is 13.9 Å². The summed E-state index contributed by atoms with van der Waals surface area (Å²) in [5.74, 6) is -2.47. The van der Waals surface area contributed by atoms with E-state index in [0.29, 0.717) is 0 Å². The molecule has 0 bridgehead atoms. The van der Waals surface area contributed by atoms with Crippen LogP contribution < -0.4 is 0 Å². The van der Waals surface area contributed by atoms with Crippen molar-refractivity contribution in [3.63, 3.8) is 0 Å². The molecule has 0 aliphatic heterocycles. The molecule has 15 heavy (non-hydrogen) atoms. The summed E-state index contributed by atoms with van der Waals surface area (Å²) in [4.78, 5) is 21.4. The molecule has 0 heterocycles. The van der Waals surface area contributed by atoms with Gasteiger partial charge in [0, 0.05) is 5.57 Å². The third-order valence-corrected chi connectivity index (χ3v) is 1.58. The molecule has 0 aromatic carbocycles. The van der Waals surface area contributed by atoms with Gasteiger partial charge in [-0.1, -0.05) is 6.58 Å². The maximum Gasteiger partial charge on any atom is 0.360 e. The molecule has 0 saturated carbocycles. The molecular weight excluding hydrogens is 252 g/mol. The molecule has 2 unspecified atom stereocenters. The van der Waals surface area contributed by atoms with Gasteiger partial charge in [0.25, 0.3) is 0 Å². The quantitative estimate of drug-likeness (QED) is 0.489. The topological polar surface area (TPSA) is 127 Å². The van der Waals surface area contributed by atoms with Crippen LogP contribution in [0.15, 0.2) is 12.2 Å². The van der Waals surface area contributed by atoms with Gasteiger partial charge in [-0.15, -0.1) is 0 Å². The van der Waals surface area contributed by atoms with E-state index in [9.17, 15) is 18.0 Å². The molecule has 0 aromatic heterocycles. The SMILES string of the molecule is C=C(CC(=O)OS(=O)O)C(=O)OS(=O)O. The summed E-state index contributed by atoms with van der Waals surface area (Å²) < 4.78 is 43.7. The fourth-order valence-corrected chi connectivity index (χ4v) is 0.944. The van der Waals surface area contributed by atoms with Crippen molar-refractivity contribution in [1.29, 1.82) is 0 Å². The Labute approximate surface area is 89.2 Å². The van der Waals surface area contributed by atoms with Crippen LogP contribution in [0.3, 0.4) is 0 Å². The van der Waals surface area contributed by atoms with Crippen molar-refractivity contribution < 1.29 is 35.5 Å². The van der Waals surface area contributed by atoms with Crippen LogP contribution in [0.4, 0.5) is 0 Å². The largest absolute Gasteiger partial charge is 0.360 e. The molecule has 0 aliphatic rings. The minimum atomic E-state index is -2.81. The van der Waals surface area contributed by atoms with Crippen LogP contribution in [-0.2, 0) is 40.7 Å². The first kappa shape index (κ1) is 13.9. The Balaban J connectivity index is 4.13. The molecule has 0 spiro atoms. The van der Waals surface area contributed by atoms with E-state index >= 15 is 0 Å². The summed E-state index contributed by atoms with van der Waals surface area (Å²) in [5.41, 5.74) is -0.479. The lowest BCUT2D eigenvalue weighted by atomic mass is 10.2. The average molecular weight is 258 g/mol. The summed E-state index contributed by atoms with van der Waals surface area (Å²) >= 11 is -5.60. The van der Waals surface area contributed by atoms with Gasteiger partial charge in [-0.05, 0) is 0 Å². The first-order chi connectivity index (χ1) is 6.82. The van der Waals surface area contributed by atoms with Crippen LogP contribution in [0.1, 0.15) is 6.42 Å². The number of rotatable bonds is 5. The smallest absolute Gasteiger partial charge is 0.343 e. The summed E-state index contributed by atoms with van der Waals surface area (Å²) in [6, 6.07) is 0. The van der Waals surface area contributed by atoms with Gasteiger partial charge in [0.05, 0.1) is 6.42 Å². The summed E-state index contributed by atoms with van der Waals surface area (Å²) in [6.45, 7) is 3.05. The van der Waals surface area contributed by atoms with Crippen LogP contribution in [0.25, 0.3) is 0 Å². The molecule has 2 atom stereocenters. The van der Waals surface area contributed by atoms with Gasteiger partial charge in [-0.25, -0.2) is 4.79 Å². The first-order valence-electron chi connectivity index (χ1n) is 3.16. The van der Waals surface area contributed by atoms with Crippen molar-refractivity contribution in [2.75, 3.05) is 0 Å². The van der Waals surface area contributed by atoms with Gasteiger partial charge in [0.2, 0.25) is 0 Å². The fourth-order valence-electron chi connectivity index (χ4n) is 0.479. The third-order valence-electron chi connectivity index (χ3n) is 0.958. The van der Waals surface area contributed by atoms with Crippen molar-refractivity contribution in [3.05, 3.63) is 12.2 Å². The van der Waals surface area contributed by atoms with Crippen LogP contribution >= 0.6 is 0 Å². The van der Waals surface area contributed by atoms with E-state index in [1.807, 2.05) is 0 Å². The minimum absolute atomic E-state index is 0.479. The van der Waals surface area contributed by atoms with Gasteiger partial charge < -0.3 is 8.37 Å². The predicted molar refractivity (Wildman–Crippen MR) is 47.5 cm³/mol. The Bertz CT molecular complexity index is 334. The molecule has 8 nitrogen and oxygen atoms in total. The normalized spacial score (nSPS) is 13.7. The second-order valence-corrected chi connectivity index (χ2v) is 3.24. The monoisotopic (exact) mass is 258 g/mol. The molecule has 10 heteroatoms. The van der Waals surface area contributed by atoms with Crippen molar-refractivity contribution in [1.82, 2.24) is 0 Å². The van der Waals surface area contributed by atoms with Crippen LogP contribution in [-0.4, -0.2) is 29.5 Å². The Morgan fingerprint density at radius 2 is 1.60 bits per heavy atom. The molecule has 0 aliphatic carbocycles. The second-order valence-electron chi connectivity index (χ2n) is 2.04. The molecule has 0 aromatic rings. The molecule has 2 N–H and O–H groups in total. The zero-order chi connectivity index (χ0) is 12.0. The van der Waals surface area contributed by atoms with Gasteiger partial charge >= 0.3 is 34.7 Å². The highest BCUT2D eigenvalue weighted by molar-refractivity contribution is 7.74. The third kappa shape index (κ3) is 6.90. The Hall–Kier alpha value is -1.10. The fraction of sp³-hybridized carbons (Fsp3) is 0.200. The van der Waals surface area contributed by atoms with E-state index in [1.54, 1.807) is 0 Å². The van der Waals surface area contributed by atoms with E-state index in [1.165, 1.54) is 0 Å². The van der Waals surface area contributed by atoms with Gasteiger partial charge in [0.1, 0.15) is 0 Å². The maximum absolute atomic E-state index is 10.8. The zero-order valence-electron chi connectivity index (χ0n) is 7.07. The lowest BCUT2D eigenvalue weighted by Gasteiger charge is -2.01. The second kappa shape index (κ2) is 6.40. The highest BCUT2D eigenvalue weighted by Crippen LogP contribution is 2.04. The highest BCUT2D eigenvalue weighted by Gasteiger charge is 2.17. The Morgan fingerprint density at radius 1 is 1.13 bits per heavy atom. The molecular formula is C5H6O8S2. The average Bonchev–Trinajstić information content (AvgIpc) is 2.00. The lowest BCUT2D eigenvalue weighted by Crippen LogP contribution is -2.14. The lowest BCUT2D eigenvalue weighted by molar-refractivity contribution is -0.136. The first-order valence-corrected chi connectivity index (χ1v) is 5.22. The summed E-state index contributed by atoms with van der Waals surface area (Å²) in [7, 11) is 0. The molecule has 0 amide bonds. The van der Waals surface area contributed by atoms with E-state index in [0.717, 1.165) is 0 Å². The van der Waals surface area contributed by atoms with Crippen LogP contribution in [0.2, 0.25) is 0 Å². The van der Waals surface area contributed by atoms with E-state index < -0.39 is 46.7 Å². The number of hydrogen-bond acceptors (Lipinski definition) is 6. The van der Waals surface area contributed by atoms with Crippen molar-refractivity contribution >= 4 is 34.7 Å². The summed E-state index contributed by atoms with van der Waals surface area (Å²) in [5, 5.41) is 0. The zero-order valence-corrected chi connectivity index (χ0v) is 8.71. The molecule has 0 saturated heterocycles. The van der Waals surface area contributed by atoms with E-state index in [-0.39, 0.29) is 0 Å². The molecule has 0 rings (SSSR count). The maximum atomic E-state index is 10.8. The van der Waals surface area contributed by atoms with Crippen molar-refractivity contribution in [2.24, 2.45) is 0 Å². The van der Waals surface area contributed by atoms with Crippen molar-refractivity contribution in [2.45, 2.75) is 6.42 Å². The summed E-state index contributed by atoms with van der Waals surface area (Å²) in [6.07, 6.45) is -0.720. The number of carbonyl (C=O) groups excluding carboxylic acids is 2. The Morgan fingerprint density at radius 3 is 2.00 bits per heavy atom. The van der Waals surface area contributed by atoms with Crippen LogP contribution in [0.5, 0.6) is 0 Å². The molecule has 0 fully saturated rings. The van der Waals surface area contributed by atoms with E-state index in [4.69, 9.17) is 9.11 Å². The van der Waals surface area contributed by atoms with Gasteiger partial charge in [-0.2, -0.15) is 8.42 Å². The molecule has 86 valence electrons. The minimum Gasteiger partial charge on any atom is -0.343 e. The van der Waals surface area contributed by atoms with Crippen LogP contribution in [0, 0.1) is 0 Å². The molecule has 0 radical (unpaired) electrons. The number of hydrogen-bond donors (Lipinski definition) is 2. The highest BCUT2D eigenvalue weighted by atomic mass is 32.2. The predicted octanol–water partition coefficient (Wildman–Crippen LogP) is -0.707. The standard InChI is InChI=1S/C5H6O8S2/c1-3(5(7)13-15(10)11)2-4(6)12-14(8)9/h1-2H2,(H,8,9)(H,10,11). The van der Waals surface area contributed by atoms with Gasteiger partial charge in [0.15, 0.2) is 0 Å².